The zero-order valence-corrected chi connectivity index (χ0v) is 4.65. The Morgan fingerprint density at radius 3 is 2.86 bits per heavy atom. The van der Waals surface area contributed by atoms with E-state index in [9.17, 15) is 4.79 Å². The van der Waals surface area contributed by atoms with Gasteiger partial charge in [0.2, 0.25) is 0 Å². The fraction of sp³-hybridized carbons (Fsp3) is 0.250. The van der Waals surface area contributed by atoms with Crippen molar-refractivity contribution < 1.29 is 4.79 Å². The highest BCUT2D eigenvalue weighted by Gasteiger charge is 1.66. The fourth-order valence-electron chi connectivity index (χ4n) is 0.143. The molecule has 0 rings (SSSR count). The summed E-state index contributed by atoms with van der Waals surface area (Å²) in [7, 11) is 0. The van der Waals surface area contributed by atoms with Crippen LogP contribution >= 0.6 is 11.8 Å². The Hall–Kier alpha value is -0.280. The molecule has 2 N–H and O–H groups in total. The molecule has 3 heteroatoms. The molecule has 0 aliphatic rings. The third-order valence-corrected chi connectivity index (χ3v) is 0.827. The second kappa shape index (κ2) is 5.72. The Kier molecular flexibility index (Phi) is 5.49. The minimum Gasteiger partial charge on any atom is -0.327 e. The molecule has 0 saturated carbocycles. The van der Waals surface area contributed by atoms with Gasteiger partial charge < -0.3 is 5.73 Å². The van der Waals surface area contributed by atoms with Crippen LogP contribution in [0.1, 0.15) is 0 Å². The maximum absolute atomic E-state index is 9.55. The summed E-state index contributed by atoms with van der Waals surface area (Å²) in [5.74, 6) is 0. The third-order valence-electron chi connectivity index (χ3n) is 0.366. The van der Waals surface area contributed by atoms with Crippen LogP contribution in [0.2, 0.25) is 0 Å². The first-order chi connectivity index (χ1) is 3.41. The fourth-order valence-corrected chi connectivity index (χ4v) is 0.430. The molecule has 7 heavy (non-hydrogen) atoms. The van der Waals surface area contributed by atoms with Crippen LogP contribution in [0.25, 0.3) is 0 Å². The molecule has 0 aliphatic heterocycles. The number of thioether (sulfide) groups is 1. The molecule has 40 valence electrons. The molecule has 0 spiro atoms. The zero-order valence-electron chi connectivity index (χ0n) is 3.83. The first kappa shape index (κ1) is 6.72. The van der Waals surface area contributed by atoms with E-state index in [1.165, 1.54) is 0 Å². The summed E-state index contributed by atoms with van der Waals surface area (Å²) < 4.78 is 0. The molecular weight excluding hydrogens is 110 g/mol. The van der Waals surface area contributed by atoms with Gasteiger partial charge >= 0.3 is 0 Å². The summed E-state index contributed by atoms with van der Waals surface area (Å²) in [5.41, 5.74) is 5.81. The summed E-state index contributed by atoms with van der Waals surface area (Å²) in [6.07, 6.45) is 1.72. The Morgan fingerprint density at radius 1 is 1.71 bits per heavy atom. The molecule has 0 saturated heterocycles. The van der Waals surface area contributed by atoms with Gasteiger partial charge in [0, 0.05) is 6.54 Å². The van der Waals surface area contributed by atoms with Gasteiger partial charge in [0.15, 0.2) is 5.62 Å². The third kappa shape index (κ3) is 5.72. The number of hydrogen-bond donors (Lipinski definition) is 1. The van der Waals surface area contributed by atoms with E-state index >= 15 is 0 Å². The quantitative estimate of drug-likeness (QED) is 0.543. The molecule has 0 radical (unpaired) electrons. The maximum atomic E-state index is 9.55. The van der Waals surface area contributed by atoms with E-state index in [0.29, 0.717) is 6.54 Å². The van der Waals surface area contributed by atoms with Crippen molar-refractivity contribution in [2.45, 2.75) is 0 Å². The van der Waals surface area contributed by atoms with Crippen LogP contribution in [0.15, 0.2) is 11.5 Å². The largest absolute Gasteiger partial charge is 0.327 e. The summed E-state index contributed by atoms with van der Waals surface area (Å²) in [6, 6.07) is 0. The highest BCUT2D eigenvalue weighted by atomic mass is 32.2. The van der Waals surface area contributed by atoms with Gasteiger partial charge in [-0.15, -0.1) is 0 Å². The topological polar surface area (TPSA) is 43.1 Å². The van der Waals surface area contributed by atoms with Crippen LogP contribution in [-0.2, 0) is 4.79 Å². The number of nitrogens with two attached hydrogens (primary N) is 1. The smallest absolute Gasteiger partial charge is 0.180 e. The summed E-state index contributed by atoms with van der Waals surface area (Å²) in [4.78, 5) is 9.55. The molecule has 2 nitrogen and oxygen atoms in total. The highest BCUT2D eigenvalue weighted by molar-refractivity contribution is 8.14. The van der Waals surface area contributed by atoms with Gasteiger partial charge in [0.05, 0.1) is 0 Å². The number of hydrogen-bond acceptors (Lipinski definition) is 3. The second-order valence-corrected chi connectivity index (χ2v) is 1.58. The average molecular weight is 117 g/mol. The molecular formula is C4H7NOS. The minimum atomic E-state index is 0.501. The SMILES string of the molecule is NC/C=C/SC=O. The summed E-state index contributed by atoms with van der Waals surface area (Å²) in [6.45, 7) is 0.501. The van der Waals surface area contributed by atoms with E-state index in [4.69, 9.17) is 5.73 Å². The predicted molar refractivity (Wildman–Crippen MR) is 32.5 cm³/mol. The first-order valence-corrected chi connectivity index (χ1v) is 2.80. The zero-order chi connectivity index (χ0) is 5.54. The van der Waals surface area contributed by atoms with Gasteiger partial charge in [-0.05, 0) is 5.41 Å². The van der Waals surface area contributed by atoms with Gasteiger partial charge in [-0.2, -0.15) is 0 Å². The van der Waals surface area contributed by atoms with Crippen molar-refractivity contribution in [1.82, 2.24) is 0 Å². The van der Waals surface area contributed by atoms with Crippen LogP contribution in [0.4, 0.5) is 0 Å². The first-order valence-electron chi connectivity index (χ1n) is 1.86. The van der Waals surface area contributed by atoms with E-state index in [1.54, 1.807) is 11.5 Å². The molecule has 0 bridgehead atoms. The molecule has 0 heterocycles. The molecule has 0 aromatic heterocycles. The van der Waals surface area contributed by atoms with Gasteiger partial charge in [-0.1, -0.05) is 17.8 Å². The number of carbonyl (C=O) groups excluding carboxylic acids is 1. The number of rotatable bonds is 3. The van der Waals surface area contributed by atoms with Crippen LogP contribution in [-0.4, -0.2) is 12.2 Å². The lowest BCUT2D eigenvalue weighted by atomic mass is 10.7. The van der Waals surface area contributed by atoms with Crippen LogP contribution in [0, 0.1) is 0 Å². The lowest BCUT2D eigenvalue weighted by molar-refractivity contribution is 0.570. The lowest BCUT2D eigenvalue weighted by Gasteiger charge is -1.73. The van der Waals surface area contributed by atoms with E-state index in [0.717, 1.165) is 17.4 Å². The molecule has 0 aromatic rings. The second-order valence-electron chi connectivity index (χ2n) is 0.840. The van der Waals surface area contributed by atoms with Crippen molar-refractivity contribution in [1.29, 1.82) is 0 Å². The Labute approximate surface area is 46.8 Å². The van der Waals surface area contributed by atoms with Crippen molar-refractivity contribution in [2.24, 2.45) is 5.73 Å². The molecule has 0 unspecified atom stereocenters. The van der Waals surface area contributed by atoms with Crippen molar-refractivity contribution in [2.75, 3.05) is 6.54 Å². The van der Waals surface area contributed by atoms with Gasteiger partial charge in [-0.25, -0.2) is 0 Å². The Balaban J connectivity index is 2.92. The molecule has 0 amide bonds. The molecule has 0 atom stereocenters. The monoisotopic (exact) mass is 117 g/mol. The van der Waals surface area contributed by atoms with Crippen LogP contribution in [0.3, 0.4) is 0 Å². The van der Waals surface area contributed by atoms with Gasteiger partial charge in [0.1, 0.15) is 0 Å². The summed E-state index contributed by atoms with van der Waals surface area (Å²) >= 11 is 1.09. The normalized spacial score (nSPS) is 9.86. The molecule has 0 aromatic carbocycles. The van der Waals surface area contributed by atoms with Gasteiger partial charge in [-0.3, -0.25) is 4.79 Å². The lowest BCUT2D eigenvalue weighted by Crippen LogP contribution is -1.91. The van der Waals surface area contributed by atoms with Crippen molar-refractivity contribution >= 4 is 17.4 Å². The van der Waals surface area contributed by atoms with Crippen LogP contribution in [0.5, 0.6) is 0 Å². The minimum absolute atomic E-state index is 0.501. The van der Waals surface area contributed by atoms with E-state index in [2.05, 4.69) is 0 Å². The van der Waals surface area contributed by atoms with Crippen LogP contribution < -0.4 is 5.73 Å². The van der Waals surface area contributed by atoms with Crippen molar-refractivity contribution in [3.8, 4) is 0 Å². The van der Waals surface area contributed by atoms with E-state index < -0.39 is 0 Å². The van der Waals surface area contributed by atoms with Gasteiger partial charge in [0.25, 0.3) is 0 Å². The standard InChI is InChI=1S/C4H7NOS/c5-2-1-3-7-4-6/h1,3-4H,2,5H2/b3-1+. The molecule has 0 aliphatic carbocycles. The van der Waals surface area contributed by atoms with E-state index in [1.807, 2.05) is 0 Å². The summed E-state index contributed by atoms with van der Waals surface area (Å²) in [5, 5.41) is 1.66. The maximum Gasteiger partial charge on any atom is 0.180 e. The van der Waals surface area contributed by atoms with Crippen molar-refractivity contribution in [3.63, 3.8) is 0 Å². The van der Waals surface area contributed by atoms with E-state index in [-0.39, 0.29) is 0 Å². The highest BCUT2D eigenvalue weighted by Crippen LogP contribution is 1.91. The van der Waals surface area contributed by atoms with Crippen molar-refractivity contribution in [3.05, 3.63) is 11.5 Å². The predicted octanol–water partition coefficient (Wildman–Crippen LogP) is 0.382. The average Bonchev–Trinajstić information content (AvgIpc) is 1.69. The molecule has 0 fully saturated rings. The Morgan fingerprint density at radius 2 is 2.43 bits per heavy atom. The Bertz CT molecular complexity index is 72.1. The number of carbonyl (C=O) groups is 1.